The van der Waals surface area contributed by atoms with Gasteiger partial charge < -0.3 is 10.6 Å². The molecule has 1 rings (SSSR count). The number of urea groups is 1. The van der Waals surface area contributed by atoms with Gasteiger partial charge in [-0.3, -0.25) is 0 Å². The molecule has 0 radical (unpaired) electrons. The predicted molar refractivity (Wildman–Crippen MR) is 66.4 cm³/mol. The Balaban J connectivity index is 2.26. The molecule has 1 aliphatic rings. The number of amides is 2. The van der Waals surface area contributed by atoms with Gasteiger partial charge in [0.2, 0.25) is 0 Å². The topological polar surface area (TPSA) is 41.1 Å². The van der Waals surface area contributed by atoms with Crippen LogP contribution in [0.2, 0.25) is 0 Å². The van der Waals surface area contributed by atoms with Gasteiger partial charge in [0, 0.05) is 17.8 Å². The van der Waals surface area contributed by atoms with Crippen molar-refractivity contribution in [3.05, 3.63) is 0 Å². The molecule has 0 heterocycles. The minimum Gasteiger partial charge on any atom is -0.338 e. The average molecular weight is 230 g/mol. The zero-order chi connectivity index (χ0) is 11.1. The molecular weight excluding hydrogens is 208 g/mol. The first-order chi connectivity index (χ1) is 7.27. The van der Waals surface area contributed by atoms with Gasteiger partial charge >= 0.3 is 6.03 Å². The molecule has 0 aromatic carbocycles. The molecule has 0 bridgehead atoms. The maximum atomic E-state index is 11.5. The molecule has 2 N–H and O–H groups in total. The molecular formula is C11H22N2OS. The second-order valence-corrected chi connectivity index (χ2v) is 5.45. The highest BCUT2D eigenvalue weighted by atomic mass is 32.2. The van der Waals surface area contributed by atoms with E-state index < -0.39 is 0 Å². The Morgan fingerprint density at radius 2 is 2.20 bits per heavy atom. The van der Waals surface area contributed by atoms with Crippen molar-refractivity contribution in [1.29, 1.82) is 0 Å². The number of rotatable bonds is 5. The van der Waals surface area contributed by atoms with Crippen LogP contribution in [0, 0.1) is 0 Å². The summed E-state index contributed by atoms with van der Waals surface area (Å²) in [7, 11) is 0. The lowest BCUT2D eigenvalue weighted by Crippen LogP contribution is -2.44. The summed E-state index contributed by atoms with van der Waals surface area (Å²) in [6.07, 6.45) is 4.62. The van der Waals surface area contributed by atoms with Gasteiger partial charge in [-0.15, -0.1) is 0 Å². The molecule has 3 nitrogen and oxygen atoms in total. The third kappa shape index (κ3) is 4.33. The summed E-state index contributed by atoms with van der Waals surface area (Å²) in [6, 6.07) is 0.386. The number of hydrogen-bond acceptors (Lipinski definition) is 2. The van der Waals surface area contributed by atoms with Crippen LogP contribution in [0.3, 0.4) is 0 Å². The minimum absolute atomic E-state index is 0.00505. The predicted octanol–water partition coefficient (Wildman–Crippen LogP) is 2.37. The quantitative estimate of drug-likeness (QED) is 0.761. The van der Waals surface area contributed by atoms with E-state index in [0.29, 0.717) is 11.3 Å². The fraction of sp³-hybridized carbons (Fsp3) is 0.909. The van der Waals surface area contributed by atoms with Gasteiger partial charge in [0.25, 0.3) is 0 Å². The molecule has 4 heteroatoms. The first-order valence-corrected chi connectivity index (χ1v) is 6.98. The third-order valence-electron chi connectivity index (χ3n) is 2.69. The van der Waals surface area contributed by atoms with Crippen molar-refractivity contribution in [2.45, 2.75) is 50.8 Å². The molecule has 0 saturated heterocycles. The van der Waals surface area contributed by atoms with Crippen molar-refractivity contribution >= 4 is 17.8 Å². The lowest BCUT2D eigenvalue weighted by atomic mass is 10.2. The van der Waals surface area contributed by atoms with Crippen LogP contribution in [-0.4, -0.2) is 29.6 Å². The van der Waals surface area contributed by atoms with Crippen LogP contribution in [0.1, 0.15) is 39.5 Å². The van der Waals surface area contributed by atoms with E-state index in [0.717, 1.165) is 25.1 Å². The largest absolute Gasteiger partial charge is 0.338 e. The standard InChI is InChI=1S/C11H22N2OS/c1-3-8-12-11(14)13-9-6-5-7-10(9)15-4-2/h9-10H,3-8H2,1-2H3,(H2,12,13,14). The minimum atomic E-state index is 0.00505. The van der Waals surface area contributed by atoms with E-state index in [2.05, 4.69) is 24.5 Å². The Morgan fingerprint density at radius 1 is 1.40 bits per heavy atom. The Bertz CT molecular complexity index is 199. The van der Waals surface area contributed by atoms with Crippen molar-refractivity contribution in [2.24, 2.45) is 0 Å². The van der Waals surface area contributed by atoms with Crippen molar-refractivity contribution < 1.29 is 4.79 Å². The molecule has 0 aromatic rings. The van der Waals surface area contributed by atoms with Crippen LogP contribution in [-0.2, 0) is 0 Å². The third-order valence-corrected chi connectivity index (χ3v) is 4.01. The number of carbonyl (C=O) groups excluding carboxylic acids is 1. The van der Waals surface area contributed by atoms with E-state index in [1.54, 1.807) is 0 Å². The zero-order valence-corrected chi connectivity index (χ0v) is 10.5. The molecule has 2 atom stereocenters. The van der Waals surface area contributed by atoms with E-state index in [4.69, 9.17) is 0 Å². The summed E-state index contributed by atoms with van der Waals surface area (Å²) in [5, 5.41) is 6.57. The lowest BCUT2D eigenvalue weighted by Gasteiger charge is -2.20. The highest BCUT2D eigenvalue weighted by Crippen LogP contribution is 2.29. The number of hydrogen-bond donors (Lipinski definition) is 2. The Morgan fingerprint density at radius 3 is 2.87 bits per heavy atom. The Labute approximate surface area is 96.8 Å². The van der Waals surface area contributed by atoms with E-state index in [-0.39, 0.29) is 6.03 Å². The van der Waals surface area contributed by atoms with Gasteiger partial charge in [-0.1, -0.05) is 20.3 Å². The first kappa shape index (κ1) is 12.7. The van der Waals surface area contributed by atoms with Gasteiger partial charge in [-0.05, 0) is 25.0 Å². The Kier molecular flexibility index (Phi) is 5.91. The summed E-state index contributed by atoms with van der Waals surface area (Å²) < 4.78 is 0. The molecule has 0 spiro atoms. The average Bonchev–Trinajstić information content (AvgIpc) is 2.63. The SMILES string of the molecule is CCCNC(=O)NC1CCCC1SCC. The summed E-state index contributed by atoms with van der Waals surface area (Å²) in [5.41, 5.74) is 0. The summed E-state index contributed by atoms with van der Waals surface area (Å²) in [4.78, 5) is 11.5. The summed E-state index contributed by atoms with van der Waals surface area (Å²) in [5.74, 6) is 1.14. The Hall–Kier alpha value is -0.380. The molecule has 2 amide bonds. The van der Waals surface area contributed by atoms with Crippen LogP contribution in [0.25, 0.3) is 0 Å². The maximum Gasteiger partial charge on any atom is 0.315 e. The second-order valence-electron chi connectivity index (χ2n) is 3.93. The fourth-order valence-corrected chi connectivity index (χ4v) is 3.16. The molecule has 2 unspecified atom stereocenters. The van der Waals surface area contributed by atoms with Crippen molar-refractivity contribution in [3.8, 4) is 0 Å². The fourth-order valence-electron chi connectivity index (χ4n) is 1.96. The lowest BCUT2D eigenvalue weighted by molar-refractivity contribution is 0.237. The van der Waals surface area contributed by atoms with Crippen molar-refractivity contribution in [3.63, 3.8) is 0 Å². The van der Waals surface area contributed by atoms with Gasteiger partial charge in [0.15, 0.2) is 0 Å². The molecule has 0 aliphatic heterocycles. The monoisotopic (exact) mass is 230 g/mol. The summed E-state index contributed by atoms with van der Waals surface area (Å²) >= 11 is 1.97. The van der Waals surface area contributed by atoms with E-state index >= 15 is 0 Å². The van der Waals surface area contributed by atoms with Crippen molar-refractivity contribution in [1.82, 2.24) is 10.6 Å². The van der Waals surface area contributed by atoms with E-state index in [1.807, 2.05) is 11.8 Å². The van der Waals surface area contributed by atoms with Gasteiger partial charge in [-0.25, -0.2) is 4.79 Å². The van der Waals surface area contributed by atoms with Gasteiger partial charge in [0.05, 0.1) is 0 Å². The molecule has 1 fully saturated rings. The molecule has 1 saturated carbocycles. The van der Waals surface area contributed by atoms with Gasteiger partial charge in [-0.2, -0.15) is 11.8 Å². The van der Waals surface area contributed by atoms with E-state index in [1.165, 1.54) is 12.8 Å². The molecule has 0 aromatic heterocycles. The number of thioether (sulfide) groups is 1. The molecule has 88 valence electrons. The number of carbonyl (C=O) groups is 1. The number of nitrogens with one attached hydrogen (secondary N) is 2. The normalized spacial score (nSPS) is 25.2. The van der Waals surface area contributed by atoms with Crippen LogP contribution < -0.4 is 10.6 Å². The molecule has 1 aliphatic carbocycles. The first-order valence-electron chi connectivity index (χ1n) is 5.93. The van der Waals surface area contributed by atoms with E-state index in [9.17, 15) is 4.79 Å². The highest BCUT2D eigenvalue weighted by Gasteiger charge is 2.28. The summed E-state index contributed by atoms with van der Waals surface area (Å²) in [6.45, 7) is 5.01. The van der Waals surface area contributed by atoms with Crippen molar-refractivity contribution in [2.75, 3.05) is 12.3 Å². The zero-order valence-electron chi connectivity index (χ0n) is 9.71. The maximum absolute atomic E-state index is 11.5. The second kappa shape index (κ2) is 6.99. The smallest absolute Gasteiger partial charge is 0.315 e. The highest BCUT2D eigenvalue weighted by molar-refractivity contribution is 7.99. The van der Waals surface area contributed by atoms with Crippen LogP contribution >= 0.6 is 11.8 Å². The van der Waals surface area contributed by atoms with Gasteiger partial charge in [0.1, 0.15) is 0 Å². The molecule has 15 heavy (non-hydrogen) atoms. The van der Waals surface area contributed by atoms with Crippen LogP contribution in [0.4, 0.5) is 4.79 Å². The van der Waals surface area contributed by atoms with Crippen LogP contribution in [0.15, 0.2) is 0 Å². The van der Waals surface area contributed by atoms with Crippen LogP contribution in [0.5, 0.6) is 0 Å².